The molecule has 3 heterocycles. The van der Waals surface area contributed by atoms with Crippen LogP contribution in [0.4, 0.5) is 0 Å². The first-order valence-corrected chi connectivity index (χ1v) is 8.54. The van der Waals surface area contributed by atoms with E-state index >= 15 is 0 Å². The Balaban J connectivity index is 1.52. The van der Waals surface area contributed by atoms with Crippen molar-refractivity contribution < 1.29 is 9.90 Å². The maximum Gasteiger partial charge on any atom is 0.246 e. The number of carbonyl (C=O) groups is 1. The fraction of sp³-hybridized carbons (Fsp3) is 0.556. The molecule has 130 valence electrons. The highest BCUT2D eigenvalue weighted by Gasteiger charge is 2.39. The van der Waals surface area contributed by atoms with Crippen molar-refractivity contribution in [1.82, 2.24) is 19.7 Å². The molecule has 24 heavy (non-hydrogen) atoms. The fourth-order valence-corrected chi connectivity index (χ4v) is 3.34. The van der Waals surface area contributed by atoms with Crippen LogP contribution in [0.3, 0.4) is 0 Å². The second-order valence-electron chi connectivity index (χ2n) is 6.93. The van der Waals surface area contributed by atoms with Crippen molar-refractivity contribution in [3.05, 3.63) is 36.2 Å². The molecule has 1 atom stereocenters. The molecule has 2 fully saturated rings. The summed E-state index contributed by atoms with van der Waals surface area (Å²) in [7, 11) is 2.12. The number of likely N-dealkylation sites (tertiary alicyclic amines) is 1. The van der Waals surface area contributed by atoms with Crippen molar-refractivity contribution in [3.8, 4) is 0 Å². The average molecular weight is 330 g/mol. The highest BCUT2D eigenvalue weighted by molar-refractivity contribution is 5.92. The minimum absolute atomic E-state index is 0.0480. The molecule has 0 radical (unpaired) electrons. The lowest BCUT2D eigenvalue weighted by Gasteiger charge is -2.36. The molecule has 0 spiro atoms. The first kappa shape index (κ1) is 17.1. The monoisotopic (exact) mass is 330 g/mol. The van der Waals surface area contributed by atoms with Gasteiger partial charge in [0.05, 0.1) is 12.1 Å². The molecule has 0 aromatic carbocycles. The zero-order valence-corrected chi connectivity index (χ0v) is 14.3. The van der Waals surface area contributed by atoms with Crippen LogP contribution in [0.2, 0.25) is 0 Å². The number of hydrogen-bond acceptors (Lipinski definition) is 5. The number of piperazine rings is 1. The number of amides is 1. The molecule has 1 aromatic heterocycles. The van der Waals surface area contributed by atoms with Crippen LogP contribution < -0.4 is 0 Å². The van der Waals surface area contributed by atoms with Gasteiger partial charge in [0, 0.05) is 57.7 Å². The summed E-state index contributed by atoms with van der Waals surface area (Å²) in [6, 6.07) is 3.75. The summed E-state index contributed by atoms with van der Waals surface area (Å²) in [5.41, 5.74) is 0.117. The second-order valence-corrected chi connectivity index (χ2v) is 6.93. The van der Waals surface area contributed by atoms with Gasteiger partial charge in [0.1, 0.15) is 0 Å². The smallest absolute Gasteiger partial charge is 0.246 e. The van der Waals surface area contributed by atoms with E-state index in [0.717, 1.165) is 31.7 Å². The molecule has 3 rings (SSSR count). The van der Waals surface area contributed by atoms with Crippen LogP contribution in [0.1, 0.15) is 12.0 Å². The molecule has 1 N–H and O–H groups in total. The number of β-amino-alcohol motifs (C(OH)–C–C–N with tert-alkyl or cyclic N) is 1. The zero-order valence-electron chi connectivity index (χ0n) is 14.3. The van der Waals surface area contributed by atoms with E-state index in [2.05, 4.69) is 21.8 Å². The molecule has 6 nitrogen and oxygen atoms in total. The third kappa shape index (κ3) is 4.41. The SMILES string of the molecule is CN1CCN(CC2(O)CCN(C(=O)/C=C/c3cccnc3)C2)CC1. The van der Waals surface area contributed by atoms with Crippen molar-refractivity contribution in [2.75, 3.05) is 52.9 Å². The largest absolute Gasteiger partial charge is 0.387 e. The van der Waals surface area contributed by atoms with Crippen molar-refractivity contribution >= 4 is 12.0 Å². The maximum absolute atomic E-state index is 12.3. The van der Waals surface area contributed by atoms with Gasteiger partial charge in [-0.2, -0.15) is 0 Å². The Morgan fingerprint density at radius 1 is 1.33 bits per heavy atom. The molecule has 6 heteroatoms. The van der Waals surface area contributed by atoms with E-state index in [9.17, 15) is 9.90 Å². The Morgan fingerprint density at radius 2 is 2.12 bits per heavy atom. The Bertz CT molecular complexity index is 584. The fourth-order valence-electron chi connectivity index (χ4n) is 3.34. The number of carbonyl (C=O) groups excluding carboxylic acids is 1. The topological polar surface area (TPSA) is 59.9 Å². The Labute approximate surface area is 143 Å². The first-order valence-electron chi connectivity index (χ1n) is 8.54. The lowest BCUT2D eigenvalue weighted by atomic mass is 10.0. The predicted molar refractivity (Wildman–Crippen MR) is 93.4 cm³/mol. The molecule has 2 aliphatic rings. The molecule has 0 aliphatic carbocycles. The molecule has 1 unspecified atom stereocenters. The molecule has 0 bridgehead atoms. The summed E-state index contributed by atoms with van der Waals surface area (Å²) in [5, 5.41) is 10.8. The normalized spacial score (nSPS) is 26.3. The third-order valence-corrected chi connectivity index (χ3v) is 4.86. The third-order valence-electron chi connectivity index (χ3n) is 4.86. The van der Waals surface area contributed by atoms with Crippen LogP contribution in [0.5, 0.6) is 0 Å². The molecule has 1 amide bonds. The number of hydrogen-bond donors (Lipinski definition) is 1. The van der Waals surface area contributed by atoms with Crippen LogP contribution in [0.15, 0.2) is 30.6 Å². The van der Waals surface area contributed by atoms with Crippen LogP contribution in [0.25, 0.3) is 6.08 Å². The van der Waals surface area contributed by atoms with Crippen LogP contribution in [-0.4, -0.2) is 89.2 Å². The number of aromatic nitrogens is 1. The van der Waals surface area contributed by atoms with Crippen LogP contribution >= 0.6 is 0 Å². The summed E-state index contributed by atoms with van der Waals surface area (Å²) in [4.78, 5) is 22.7. The van der Waals surface area contributed by atoms with Gasteiger partial charge >= 0.3 is 0 Å². The number of pyridine rings is 1. The Hall–Kier alpha value is -1.76. The van der Waals surface area contributed by atoms with E-state index in [1.54, 1.807) is 29.4 Å². The van der Waals surface area contributed by atoms with Crippen molar-refractivity contribution in [2.24, 2.45) is 0 Å². The van der Waals surface area contributed by atoms with E-state index in [1.807, 2.05) is 12.1 Å². The van der Waals surface area contributed by atoms with E-state index in [-0.39, 0.29) is 5.91 Å². The molecular weight excluding hydrogens is 304 g/mol. The summed E-state index contributed by atoms with van der Waals surface area (Å²) in [6.45, 7) is 5.70. The summed E-state index contributed by atoms with van der Waals surface area (Å²) in [6.07, 6.45) is 7.41. The minimum Gasteiger partial charge on any atom is -0.387 e. The van der Waals surface area contributed by atoms with Gasteiger partial charge < -0.3 is 14.9 Å². The Morgan fingerprint density at radius 3 is 2.83 bits per heavy atom. The zero-order chi connectivity index (χ0) is 17.0. The highest BCUT2D eigenvalue weighted by atomic mass is 16.3. The standard InChI is InChI=1S/C18H26N4O2/c1-20-9-11-21(12-10-20)14-18(24)6-8-22(15-18)17(23)5-4-16-3-2-7-19-13-16/h2-5,7,13,24H,6,8-12,14-15H2,1H3/b5-4+. The van der Waals surface area contributed by atoms with E-state index in [4.69, 9.17) is 0 Å². The van der Waals surface area contributed by atoms with Gasteiger partial charge in [-0.25, -0.2) is 0 Å². The van der Waals surface area contributed by atoms with Gasteiger partial charge in [0.25, 0.3) is 0 Å². The number of nitrogens with zero attached hydrogens (tertiary/aromatic N) is 4. The molecule has 2 saturated heterocycles. The highest BCUT2D eigenvalue weighted by Crippen LogP contribution is 2.23. The molecular formula is C18H26N4O2. The number of likely N-dealkylation sites (N-methyl/N-ethyl adjacent to an activating group) is 1. The average Bonchev–Trinajstić information content (AvgIpc) is 2.98. The molecule has 2 aliphatic heterocycles. The van der Waals surface area contributed by atoms with Gasteiger partial charge in [0.2, 0.25) is 5.91 Å². The van der Waals surface area contributed by atoms with Crippen molar-refractivity contribution in [2.45, 2.75) is 12.0 Å². The number of rotatable bonds is 4. The van der Waals surface area contributed by atoms with Crippen LogP contribution in [0, 0.1) is 0 Å². The minimum atomic E-state index is -0.784. The number of aliphatic hydroxyl groups is 1. The lowest BCUT2D eigenvalue weighted by Crippen LogP contribution is -2.52. The molecule has 0 saturated carbocycles. The lowest BCUT2D eigenvalue weighted by molar-refractivity contribution is -0.126. The summed E-state index contributed by atoms with van der Waals surface area (Å²) in [5.74, 6) is -0.0480. The van der Waals surface area contributed by atoms with Gasteiger partial charge in [0.15, 0.2) is 0 Å². The summed E-state index contributed by atoms with van der Waals surface area (Å²) >= 11 is 0. The first-order chi connectivity index (χ1) is 11.5. The van der Waals surface area contributed by atoms with E-state index in [1.165, 1.54) is 0 Å². The summed E-state index contributed by atoms with van der Waals surface area (Å²) < 4.78 is 0. The van der Waals surface area contributed by atoms with E-state index in [0.29, 0.717) is 26.1 Å². The predicted octanol–water partition coefficient (Wildman–Crippen LogP) is 0.306. The second kappa shape index (κ2) is 7.42. The van der Waals surface area contributed by atoms with Crippen LogP contribution in [-0.2, 0) is 4.79 Å². The van der Waals surface area contributed by atoms with Crippen molar-refractivity contribution in [3.63, 3.8) is 0 Å². The maximum atomic E-state index is 12.3. The van der Waals surface area contributed by atoms with Gasteiger partial charge in [-0.1, -0.05) is 6.07 Å². The van der Waals surface area contributed by atoms with Crippen molar-refractivity contribution in [1.29, 1.82) is 0 Å². The Kier molecular flexibility index (Phi) is 5.28. The quantitative estimate of drug-likeness (QED) is 0.805. The molecule has 1 aromatic rings. The van der Waals surface area contributed by atoms with Gasteiger partial charge in [-0.05, 0) is 31.2 Å². The van der Waals surface area contributed by atoms with Gasteiger partial charge in [-0.3, -0.25) is 14.7 Å². The van der Waals surface area contributed by atoms with Gasteiger partial charge in [-0.15, -0.1) is 0 Å². The van der Waals surface area contributed by atoms with E-state index < -0.39 is 5.60 Å².